The van der Waals surface area contributed by atoms with Gasteiger partial charge < -0.3 is 5.32 Å². The molecule has 2 atom stereocenters. The summed E-state index contributed by atoms with van der Waals surface area (Å²) >= 11 is 1.82. The lowest BCUT2D eigenvalue weighted by molar-refractivity contribution is 0.421. The third kappa shape index (κ3) is 4.19. The summed E-state index contributed by atoms with van der Waals surface area (Å²) in [5.41, 5.74) is 1.45. The number of hydrogen-bond acceptors (Lipinski definition) is 2. The molecule has 0 saturated heterocycles. The van der Waals surface area contributed by atoms with E-state index in [1.54, 1.807) is 0 Å². The van der Waals surface area contributed by atoms with Gasteiger partial charge in [-0.2, -0.15) is 0 Å². The molecule has 1 aromatic heterocycles. The van der Waals surface area contributed by atoms with Gasteiger partial charge in [0.25, 0.3) is 0 Å². The fourth-order valence-corrected chi connectivity index (χ4v) is 3.07. The largest absolute Gasteiger partial charge is 0.311 e. The Bertz CT molecular complexity index is 449. The summed E-state index contributed by atoms with van der Waals surface area (Å²) in [6.07, 6.45) is 1.22. The molecule has 2 unspecified atom stereocenters. The molecule has 0 amide bonds. The number of benzene rings is 1. The van der Waals surface area contributed by atoms with Crippen molar-refractivity contribution in [3.05, 3.63) is 58.3 Å². The molecule has 0 spiro atoms. The highest BCUT2D eigenvalue weighted by atomic mass is 32.1. The van der Waals surface area contributed by atoms with E-state index in [0.717, 1.165) is 13.1 Å². The molecule has 1 N–H and O–H groups in total. The van der Waals surface area contributed by atoms with Gasteiger partial charge in [0.2, 0.25) is 0 Å². The van der Waals surface area contributed by atoms with Crippen LogP contribution in [0.15, 0.2) is 47.8 Å². The average molecular weight is 273 g/mol. The van der Waals surface area contributed by atoms with Gasteiger partial charge in [-0.3, -0.25) is 0 Å². The van der Waals surface area contributed by atoms with Gasteiger partial charge >= 0.3 is 0 Å². The minimum atomic E-state index is 0.603. The van der Waals surface area contributed by atoms with Gasteiger partial charge in [-0.05, 0) is 28.8 Å². The van der Waals surface area contributed by atoms with E-state index in [9.17, 15) is 0 Å². The van der Waals surface area contributed by atoms with Gasteiger partial charge in [-0.25, -0.2) is 0 Å². The normalized spacial score (nSPS) is 14.2. The molecular weight excluding hydrogens is 250 g/mol. The average Bonchev–Trinajstić information content (AvgIpc) is 2.97. The van der Waals surface area contributed by atoms with Crippen LogP contribution in [0.1, 0.15) is 36.6 Å². The van der Waals surface area contributed by atoms with Crippen molar-refractivity contribution in [3.8, 4) is 0 Å². The Balaban J connectivity index is 1.95. The number of hydrogen-bond donors (Lipinski definition) is 1. The molecule has 1 nitrogen and oxygen atoms in total. The molecule has 0 saturated carbocycles. The molecule has 2 heteroatoms. The number of rotatable bonds is 7. The fraction of sp³-hybridized carbons (Fsp3) is 0.412. The summed E-state index contributed by atoms with van der Waals surface area (Å²) in [5.74, 6) is 1.31. The van der Waals surface area contributed by atoms with Gasteiger partial charge in [0.1, 0.15) is 0 Å². The van der Waals surface area contributed by atoms with Crippen LogP contribution in [-0.4, -0.2) is 6.54 Å². The van der Waals surface area contributed by atoms with E-state index in [2.05, 4.69) is 67.0 Å². The predicted octanol–water partition coefficient (Wildman–Crippen LogP) is 4.67. The molecule has 0 radical (unpaired) electrons. The quantitative estimate of drug-likeness (QED) is 0.773. The Labute approximate surface area is 120 Å². The minimum Gasteiger partial charge on any atom is -0.311 e. The summed E-state index contributed by atoms with van der Waals surface area (Å²) in [6.45, 7) is 6.67. The highest BCUT2D eigenvalue weighted by Gasteiger charge is 2.17. The van der Waals surface area contributed by atoms with Gasteiger partial charge in [0, 0.05) is 18.0 Å². The second-order valence-electron chi connectivity index (χ2n) is 5.11. The zero-order chi connectivity index (χ0) is 13.5. The molecule has 19 heavy (non-hydrogen) atoms. The predicted molar refractivity (Wildman–Crippen MR) is 84.7 cm³/mol. The van der Waals surface area contributed by atoms with E-state index in [0.29, 0.717) is 11.8 Å². The molecule has 0 aliphatic rings. The van der Waals surface area contributed by atoms with Crippen LogP contribution in [0.3, 0.4) is 0 Å². The van der Waals surface area contributed by atoms with Crippen LogP contribution >= 0.6 is 11.3 Å². The lowest BCUT2D eigenvalue weighted by Gasteiger charge is -2.24. The molecule has 0 fully saturated rings. The standard InChI is InChI=1S/C17H23NS/c1-3-14(2)17(15-8-5-4-6-9-15)13-18-12-16-10-7-11-19-16/h4-11,14,17-18H,3,12-13H2,1-2H3. The Morgan fingerprint density at radius 3 is 2.53 bits per heavy atom. The lowest BCUT2D eigenvalue weighted by Crippen LogP contribution is -2.25. The van der Waals surface area contributed by atoms with Crippen molar-refractivity contribution in [2.45, 2.75) is 32.7 Å². The Morgan fingerprint density at radius 1 is 1.11 bits per heavy atom. The SMILES string of the molecule is CCC(C)C(CNCc1cccs1)c1ccccc1. The second kappa shape index (κ2) is 7.46. The molecule has 102 valence electrons. The van der Waals surface area contributed by atoms with Gasteiger partial charge in [-0.1, -0.05) is 56.7 Å². The van der Waals surface area contributed by atoms with Crippen LogP contribution in [-0.2, 0) is 6.54 Å². The van der Waals surface area contributed by atoms with E-state index < -0.39 is 0 Å². The molecule has 2 rings (SSSR count). The maximum atomic E-state index is 3.61. The molecular formula is C17H23NS. The summed E-state index contributed by atoms with van der Waals surface area (Å²) in [6, 6.07) is 15.2. The van der Waals surface area contributed by atoms with Crippen molar-refractivity contribution < 1.29 is 0 Å². The van der Waals surface area contributed by atoms with Crippen LogP contribution in [0.4, 0.5) is 0 Å². The Hall–Kier alpha value is -1.12. The number of thiophene rings is 1. The van der Waals surface area contributed by atoms with Crippen molar-refractivity contribution in [2.24, 2.45) is 5.92 Å². The molecule has 1 aromatic carbocycles. The monoisotopic (exact) mass is 273 g/mol. The summed E-state index contributed by atoms with van der Waals surface area (Å²) in [4.78, 5) is 1.41. The second-order valence-corrected chi connectivity index (χ2v) is 6.15. The lowest BCUT2D eigenvalue weighted by atomic mass is 9.85. The van der Waals surface area contributed by atoms with Crippen LogP contribution < -0.4 is 5.32 Å². The first-order chi connectivity index (χ1) is 9.31. The van der Waals surface area contributed by atoms with E-state index in [-0.39, 0.29) is 0 Å². The van der Waals surface area contributed by atoms with E-state index in [4.69, 9.17) is 0 Å². The first-order valence-corrected chi connectivity index (χ1v) is 7.97. The summed E-state index contributed by atoms with van der Waals surface area (Å²) in [5, 5.41) is 5.75. The molecule has 0 aliphatic carbocycles. The fourth-order valence-electron chi connectivity index (χ4n) is 2.40. The zero-order valence-electron chi connectivity index (χ0n) is 11.8. The van der Waals surface area contributed by atoms with E-state index >= 15 is 0 Å². The first kappa shape index (κ1) is 14.3. The molecule has 1 heterocycles. The highest BCUT2D eigenvalue weighted by Crippen LogP contribution is 2.26. The van der Waals surface area contributed by atoms with Gasteiger partial charge in [0.15, 0.2) is 0 Å². The third-order valence-corrected chi connectivity index (χ3v) is 4.68. The topological polar surface area (TPSA) is 12.0 Å². The van der Waals surface area contributed by atoms with Crippen molar-refractivity contribution >= 4 is 11.3 Å². The maximum absolute atomic E-state index is 3.61. The Kier molecular flexibility index (Phi) is 5.62. The smallest absolute Gasteiger partial charge is 0.0299 e. The summed E-state index contributed by atoms with van der Waals surface area (Å²) in [7, 11) is 0. The van der Waals surface area contributed by atoms with Crippen LogP contribution in [0.5, 0.6) is 0 Å². The minimum absolute atomic E-state index is 0.603. The molecule has 2 aromatic rings. The zero-order valence-corrected chi connectivity index (χ0v) is 12.6. The van der Waals surface area contributed by atoms with Crippen LogP contribution in [0.25, 0.3) is 0 Å². The molecule has 0 bridgehead atoms. The van der Waals surface area contributed by atoms with Crippen molar-refractivity contribution in [2.75, 3.05) is 6.54 Å². The van der Waals surface area contributed by atoms with E-state index in [1.165, 1.54) is 16.9 Å². The highest BCUT2D eigenvalue weighted by molar-refractivity contribution is 7.09. The van der Waals surface area contributed by atoms with Crippen molar-refractivity contribution in [3.63, 3.8) is 0 Å². The van der Waals surface area contributed by atoms with E-state index in [1.807, 2.05) is 11.3 Å². The van der Waals surface area contributed by atoms with Gasteiger partial charge in [-0.15, -0.1) is 11.3 Å². The Morgan fingerprint density at radius 2 is 1.89 bits per heavy atom. The number of nitrogens with one attached hydrogen (secondary N) is 1. The summed E-state index contributed by atoms with van der Waals surface area (Å²) < 4.78 is 0. The maximum Gasteiger partial charge on any atom is 0.0299 e. The van der Waals surface area contributed by atoms with Gasteiger partial charge in [0.05, 0.1) is 0 Å². The van der Waals surface area contributed by atoms with Crippen LogP contribution in [0, 0.1) is 5.92 Å². The first-order valence-electron chi connectivity index (χ1n) is 7.09. The third-order valence-electron chi connectivity index (χ3n) is 3.80. The van der Waals surface area contributed by atoms with Crippen LogP contribution in [0.2, 0.25) is 0 Å². The van der Waals surface area contributed by atoms with Crippen molar-refractivity contribution in [1.29, 1.82) is 0 Å². The molecule has 0 aliphatic heterocycles. The van der Waals surface area contributed by atoms with Crippen molar-refractivity contribution in [1.82, 2.24) is 5.32 Å².